The summed E-state index contributed by atoms with van der Waals surface area (Å²) in [6.45, 7) is 5.33. The van der Waals surface area contributed by atoms with E-state index in [9.17, 15) is 19.8 Å². The Morgan fingerprint density at radius 3 is 2.61 bits per heavy atom. The Balaban J connectivity index is 1.23. The monoisotopic (exact) mass is 523 g/mol. The smallest absolute Gasteiger partial charge is 0.270 e. The van der Waals surface area contributed by atoms with Crippen LogP contribution >= 0.6 is 0 Å². The third-order valence-electron chi connectivity index (χ3n) is 7.75. The fourth-order valence-electron chi connectivity index (χ4n) is 5.46. The van der Waals surface area contributed by atoms with Crippen LogP contribution in [0.15, 0.2) is 24.3 Å². The third kappa shape index (κ3) is 6.16. The van der Waals surface area contributed by atoms with Crippen molar-refractivity contribution in [2.24, 2.45) is 0 Å². The standard InChI is InChI=1S/C27H37N7O4/c1-17(35)33-10-6-20(7-11-33)30-25-14-23(31-27(32-25)34-8-2-3-9-34)26(38)29-16-24(37)22-13-18-4-5-21(36)12-19(18)15-28-22/h4-5,12,14,20,22,24,28,36-37H,2-3,6-11,13,15-16H2,1H3,(H,29,38)(H,30,31,32)/t22-,24?/m0/s1. The molecule has 3 aliphatic heterocycles. The molecule has 2 atom stereocenters. The minimum absolute atomic E-state index is 0.0826. The van der Waals surface area contributed by atoms with Crippen molar-refractivity contribution in [3.63, 3.8) is 0 Å². The predicted molar refractivity (Wildman–Crippen MR) is 143 cm³/mol. The number of aromatic hydroxyl groups is 1. The van der Waals surface area contributed by atoms with Gasteiger partial charge in [-0.15, -0.1) is 0 Å². The second-order valence-electron chi connectivity index (χ2n) is 10.5. The first-order chi connectivity index (χ1) is 18.4. The summed E-state index contributed by atoms with van der Waals surface area (Å²) in [5.41, 5.74) is 2.35. The molecule has 11 heteroatoms. The number of nitrogens with zero attached hydrogens (tertiary/aromatic N) is 4. The van der Waals surface area contributed by atoms with Gasteiger partial charge in [0.2, 0.25) is 11.9 Å². The second kappa shape index (κ2) is 11.5. The van der Waals surface area contributed by atoms with Gasteiger partial charge in [0.25, 0.3) is 5.91 Å². The van der Waals surface area contributed by atoms with E-state index in [0.717, 1.165) is 49.9 Å². The van der Waals surface area contributed by atoms with Crippen molar-refractivity contribution in [2.75, 3.05) is 42.9 Å². The van der Waals surface area contributed by atoms with Gasteiger partial charge in [-0.05, 0) is 55.4 Å². The fraction of sp³-hybridized carbons (Fsp3) is 0.556. The number of nitrogens with one attached hydrogen (secondary N) is 3. The average molecular weight is 524 g/mol. The number of carbonyl (C=O) groups is 2. The molecule has 2 amide bonds. The number of phenolic OH excluding ortho intramolecular Hbond substituents is 1. The number of aromatic nitrogens is 2. The number of piperidine rings is 1. The van der Waals surface area contributed by atoms with Crippen molar-refractivity contribution in [3.8, 4) is 5.75 Å². The summed E-state index contributed by atoms with van der Waals surface area (Å²) >= 11 is 0. The molecule has 0 spiro atoms. The van der Waals surface area contributed by atoms with Crippen molar-refractivity contribution in [1.82, 2.24) is 25.5 Å². The minimum Gasteiger partial charge on any atom is -0.508 e. The van der Waals surface area contributed by atoms with E-state index in [4.69, 9.17) is 4.98 Å². The van der Waals surface area contributed by atoms with Crippen molar-refractivity contribution < 1.29 is 19.8 Å². The summed E-state index contributed by atoms with van der Waals surface area (Å²) in [7, 11) is 0. The van der Waals surface area contributed by atoms with Crippen LogP contribution in [0.4, 0.5) is 11.8 Å². The maximum atomic E-state index is 13.1. The highest BCUT2D eigenvalue weighted by Gasteiger charge is 2.27. The number of anilines is 2. The quantitative estimate of drug-likeness (QED) is 0.359. The highest BCUT2D eigenvalue weighted by atomic mass is 16.3. The fourth-order valence-corrected chi connectivity index (χ4v) is 5.46. The van der Waals surface area contributed by atoms with Crippen molar-refractivity contribution >= 4 is 23.6 Å². The Kier molecular flexibility index (Phi) is 7.94. The van der Waals surface area contributed by atoms with Gasteiger partial charge in [0, 0.05) is 64.3 Å². The summed E-state index contributed by atoms with van der Waals surface area (Å²) < 4.78 is 0. The molecule has 38 heavy (non-hydrogen) atoms. The molecule has 0 saturated carbocycles. The molecule has 5 rings (SSSR count). The van der Waals surface area contributed by atoms with E-state index in [2.05, 4.69) is 25.8 Å². The third-order valence-corrected chi connectivity index (χ3v) is 7.75. The van der Waals surface area contributed by atoms with Gasteiger partial charge in [-0.1, -0.05) is 6.07 Å². The SMILES string of the molecule is CC(=O)N1CCC(Nc2cc(C(=O)NCC(O)[C@@H]3Cc4ccc(O)cc4CN3)nc(N3CCCC3)n2)CC1. The van der Waals surface area contributed by atoms with E-state index in [1.807, 2.05) is 11.0 Å². The predicted octanol–water partition coefficient (Wildman–Crippen LogP) is 1.01. The van der Waals surface area contributed by atoms with Crippen molar-refractivity contribution in [1.29, 1.82) is 0 Å². The molecule has 5 N–H and O–H groups in total. The van der Waals surface area contributed by atoms with Gasteiger partial charge in [-0.25, -0.2) is 4.98 Å². The number of carbonyl (C=O) groups excluding carboxylic acids is 2. The Labute approximate surface area is 222 Å². The molecule has 0 radical (unpaired) electrons. The summed E-state index contributed by atoms with van der Waals surface area (Å²) in [5, 5.41) is 30.1. The van der Waals surface area contributed by atoms with Crippen LogP contribution in [0, 0.1) is 0 Å². The Bertz CT molecular complexity index is 1160. The van der Waals surface area contributed by atoms with Crippen LogP contribution in [-0.2, 0) is 17.8 Å². The summed E-state index contributed by atoms with van der Waals surface area (Å²) in [5.74, 6) is 1.10. The second-order valence-corrected chi connectivity index (χ2v) is 10.5. The molecule has 0 aliphatic carbocycles. The van der Waals surface area contributed by atoms with Gasteiger partial charge in [0.05, 0.1) is 6.10 Å². The van der Waals surface area contributed by atoms with E-state index in [1.54, 1.807) is 25.1 Å². The number of fused-ring (bicyclic) bond motifs is 1. The molecule has 3 aliphatic rings. The number of aliphatic hydroxyl groups excluding tert-OH is 1. The zero-order chi connectivity index (χ0) is 26.6. The number of amides is 2. The number of phenols is 1. The number of rotatable bonds is 7. The maximum absolute atomic E-state index is 13.1. The number of benzene rings is 1. The van der Waals surface area contributed by atoms with Crippen LogP contribution in [0.1, 0.15) is 54.2 Å². The Hall–Kier alpha value is -3.44. The van der Waals surface area contributed by atoms with Gasteiger partial charge in [-0.3, -0.25) is 9.59 Å². The molecule has 204 valence electrons. The summed E-state index contributed by atoms with van der Waals surface area (Å²) in [6, 6.07) is 6.88. The molecular weight excluding hydrogens is 486 g/mol. The van der Waals surface area contributed by atoms with Crippen LogP contribution < -0.4 is 20.9 Å². The van der Waals surface area contributed by atoms with Gasteiger partial charge < -0.3 is 36.0 Å². The topological polar surface area (TPSA) is 143 Å². The largest absolute Gasteiger partial charge is 0.508 e. The van der Waals surface area contributed by atoms with E-state index in [1.165, 1.54) is 0 Å². The lowest BCUT2D eigenvalue weighted by atomic mass is 9.92. The van der Waals surface area contributed by atoms with E-state index >= 15 is 0 Å². The molecule has 1 aromatic heterocycles. The molecule has 2 aromatic rings. The van der Waals surface area contributed by atoms with E-state index in [0.29, 0.717) is 37.8 Å². The van der Waals surface area contributed by atoms with Crippen LogP contribution in [0.2, 0.25) is 0 Å². The number of aliphatic hydroxyl groups is 1. The molecular formula is C27H37N7O4. The number of hydrogen-bond acceptors (Lipinski definition) is 9. The molecule has 2 fully saturated rings. The zero-order valence-corrected chi connectivity index (χ0v) is 21.8. The maximum Gasteiger partial charge on any atom is 0.270 e. The van der Waals surface area contributed by atoms with E-state index < -0.39 is 6.10 Å². The van der Waals surface area contributed by atoms with E-state index in [-0.39, 0.29) is 41.9 Å². The molecule has 1 aromatic carbocycles. The number of likely N-dealkylation sites (tertiary alicyclic amines) is 1. The lowest BCUT2D eigenvalue weighted by Crippen LogP contribution is -2.49. The lowest BCUT2D eigenvalue weighted by Gasteiger charge is -2.32. The van der Waals surface area contributed by atoms with Crippen LogP contribution in [0.3, 0.4) is 0 Å². The highest BCUT2D eigenvalue weighted by Crippen LogP contribution is 2.23. The summed E-state index contributed by atoms with van der Waals surface area (Å²) in [6.07, 6.45) is 3.58. The molecule has 1 unspecified atom stereocenters. The highest BCUT2D eigenvalue weighted by molar-refractivity contribution is 5.93. The Morgan fingerprint density at radius 2 is 1.87 bits per heavy atom. The molecule has 4 heterocycles. The van der Waals surface area contributed by atoms with Gasteiger partial charge in [0.15, 0.2) is 0 Å². The number of hydrogen-bond donors (Lipinski definition) is 5. The van der Waals surface area contributed by atoms with Gasteiger partial charge >= 0.3 is 0 Å². The first-order valence-corrected chi connectivity index (χ1v) is 13.5. The van der Waals surface area contributed by atoms with Crippen LogP contribution in [0.25, 0.3) is 0 Å². The molecule has 11 nitrogen and oxygen atoms in total. The molecule has 0 bridgehead atoms. The Morgan fingerprint density at radius 1 is 1.11 bits per heavy atom. The van der Waals surface area contributed by atoms with Gasteiger partial charge in [0.1, 0.15) is 17.3 Å². The first kappa shape index (κ1) is 26.2. The van der Waals surface area contributed by atoms with Crippen molar-refractivity contribution in [3.05, 3.63) is 41.1 Å². The lowest BCUT2D eigenvalue weighted by molar-refractivity contribution is -0.129. The van der Waals surface area contributed by atoms with Crippen molar-refractivity contribution in [2.45, 2.75) is 63.8 Å². The average Bonchev–Trinajstić information content (AvgIpc) is 3.46. The first-order valence-electron chi connectivity index (χ1n) is 13.5. The van der Waals surface area contributed by atoms with Gasteiger partial charge in [-0.2, -0.15) is 4.98 Å². The van der Waals surface area contributed by atoms with Crippen LogP contribution in [0.5, 0.6) is 5.75 Å². The summed E-state index contributed by atoms with van der Waals surface area (Å²) in [4.78, 5) is 38.0. The minimum atomic E-state index is -0.787. The van der Waals surface area contributed by atoms with Crippen LogP contribution in [-0.4, -0.2) is 87.8 Å². The molecule has 2 saturated heterocycles. The zero-order valence-electron chi connectivity index (χ0n) is 21.8. The normalized spacial score (nSPS) is 20.6.